The van der Waals surface area contributed by atoms with E-state index in [4.69, 9.17) is 4.74 Å². The molecule has 2 rings (SSSR count). The van der Waals surface area contributed by atoms with Gasteiger partial charge in [0.15, 0.2) is 5.75 Å². The molecule has 5 heteroatoms. The molecule has 114 valence electrons. The molecular weight excluding hydrogens is 270 g/mol. The first-order valence-corrected chi connectivity index (χ1v) is 8.62. The van der Waals surface area contributed by atoms with Crippen LogP contribution in [0.5, 0.6) is 5.75 Å². The van der Waals surface area contributed by atoms with E-state index in [9.17, 15) is 0 Å². The summed E-state index contributed by atoms with van der Waals surface area (Å²) in [5.74, 6) is 1.97. The third-order valence-electron chi connectivity index (χ3n) is 3.99. The molecule has 1 unspecified atom stereocenters. The predicted octanol–water partition coefficient (Wildman–Crippen LogP) is 3.41. The van der Waals surface area contributed by atoms with Gasteiger partial charge in [-0.15, -0.1) is 0 Å². The fraction of sp³-hybridized carbons (Fsp3) is 0.800. The van der Waals surface area contributed by atoms with Gasteiger partial charge in [0, 0.05) is 17.0 Å². The van der Waals surface area contributed by atoms with Gasteiger partial charge in [-0.3, -0.25) is 4.68 Å². The SMILES string of the molecule is CNC(CSC1CCCC1)c1c(OC)cnn1C(C)C. The van der Waals surface area contributed by atoms with Gasteiger partial charge in [-0.05, 0) is 33.7 Å². The largest absolute Gasteiger partial charge is 0.493 e. The van der Waals surface area contributed by atoms with E-state index < -0.39 is 0 Å². The smallest absolute Gasteiger partial charge is 0.161 e. The second kappa shape index (κ2) is 7.36. The molecule has 0 aromatic carbocycles. The van der Waals surface area contributed by atoms with Gasteiger partial charge in [0.2, 0.25) is 0 Å². The minimum absolute atomic E-state index is 0.292. The third-order valence-corrected chi connectivity index (χ3v) is 5.46. The van der Waals surface area contributed by atoms with E-state index in [1.165, 1.54) is 31.4 Å². The lowest BCUT2D eigenvalue weighted by Gasteiger charge is -2.22. The summed E-state index contributed by atoms with van der Waals surface area (Å²) >= 11 is 2.10. The summed E-state index contributed by atoms with van der Waals surface area (Å²) in [5.41, 5.74) is 1.18. The first kappa shape index (κ1) is 15.7. The van der Waals surface area contributed by atoms with Gasteiger partial charge in [-0.2, -0.15) is 16.9 Å². The first-order valence-electron chi connectivity index (χ1n) is 7.57. The minimum atomic E-state index is 0.292. The molecule has 1 aliphatic carbocycles. The maximum Gasteiger partial charge on any atom is 0.161 e. The van der Waals surface area contributed by atoms with Crippen LogP contribution in [-0.4, -0.2) is 34.9 Å². The van der Waals surface area contributed by atoms with Crippen molar-refractivity contribution in [3.8, 4) is 5.75 Å². The molecule has 4 nitrogen and oxygen atoms in total. The summed E-state index contributed by atoms with van der Waals surface area (Å²) in [4.78, 5) is 0. The van der Waals surface area contributed by atoms with Crippen molar-refractivity contribution in [1.29, 1.82) is 0 Å². The van der Waals surface area contributed by atoms with Crippen molar-refractivity contribution in [2.24, 2.45) is 0 Å². The summed E-state index contributed by atoms with van der Waals surface area (Å²) in [7, 11) is 3.75. The Hall–Kier alpha value is -0.680. The van der Waals surface area contributed by atoms with Crippen LogP contribution in [0.15, 0.2) is 6.20 Å². The second-order valence-corrected chi connectivity index (χ2v) is 7.05. The maximum atomic E-state index is 5.50. The molecule has 1 atom stereocenters. The number of nitrogens with one attached hydrogen (secondary N) is 1. The topological polar surface area (TPSA) is 39.1 Å². The Morgan fingerprint density at radius 1 is 1.45 bits per heavy atom. The number of nitrogens with zero attached hydrogens (tertiary/aromatic N) is 2. The summed E-state index contributed by atoms with van der Waals surface area (Å²) in [6.45, 7) is 4.32. The summed E-state index contributed by atoms with van der Waals surface area (Å²) in [5, 5.41) is 8.75. The van der Waals surface area contributed by atoms with Crippen LogP contribution in [0, 0.1) is 0 Å². The van der Waals surface area contributed by atoms with Gasteiger partial charge in [0.05, 0.1) is 25.0 Å². The zero-order valence-corrected chi connectivity index (χ0v) is 13.9. The van der Waals surface area contributed by atoms with Crippen LogP contribution >= 0.6 is 11.8 Å². The zero-order valence-electron chi connectivity index (χ0n) is 13.1. The second-order valence-electron chi connectivity index (χ2n) is 5.72. The predicted molar refractivity (Wildman–Crippen MR) is 85.7 cm³/mol. The van der Waals surface area contributed by atoms with Crippen molar-refractivity contribution in [3.05, 3.63) is 11.9 Å². The van der Waals surface area contributed by atoms with Gasteiger partial charge in [0.25, 0.3) is 0 Å². The lowest BCUT2D eigenvalue weighted by molar-refractivity contribution is 0.394. The quantitative estimate of drug-likeness (QED) is 0.837. The van der Waals surface area contributed by atoms with E-state index in [2.05, 4.69) is 40.7 Å². The fourth-order valence-electron chi connectivity index (χ4n) is 2.84. The van der Waals surface area contributed by atoms with E-state index >= 15 is 0 Å². The summed E-state index contributed by atoms with van der Waals surface area (Å²) < 4.78 is 7.58. The van der Waals surface area contributed by atoms with Crippen molar-refractivity contribution in [2.45, 2.75) is 56.9 Å². The highest BCUT2D eigenvalue weighted by atomic mass is 32.2. The number of ether oxygens (including phenoxy) is 1. The highest BCUT2D eigenvalue weighted by molar-refractivity contribution is 7.99. The molecule has 1 fully saturated rings. The summed E-state index contributed by atoms with van der Waals surface area (Å²) in [6, 6.07) is 0.640. The Balaban J connectivity index is 2.10. The standard InChI is InChI=1S/C15H27N3OS/c1-11(2)18-15(14(19-4)9-17-18)13(16-3)10-20-12-7-5-6-8-12/h9,11-13,16H,5-8,10H2,1-4H3. The number of hydrogen-bond donors (Lipinski definition) is 1. The average Bonchev–Trinajstić information content (AvgIpc) is 3.08. The zero-order chi connectivity index (χ0) is 14.5. The number of rotatable bonds is 7. The third kappa shape index (κ3) is 3.50. The molecule has 0 bridgehead atoms. The van der Waals surface area contributed by atoms with Gasteiger partial charge in [-0.1, -0.05) is 12.8 Å². The molecule has 1 N–H and O–H groups in total. The van der Waals surface area contributed by atoms with Crippen molar-refractivity contribution < 1.29 is 4.74 Å². The molecular formula is C15H27N3OS. The van der Waals surface area contributed by atoms with Crippen LogP contribution < -0.4 is 10.1 Å². The molecule has 1 aliphatic rings. The van der Waals surface area contributed by atoms with Gasteiger partial charge in [-0.25, -0.2) is 0 Å². The van der Waals surface area contributed by atoms with E-state index in [1.54, 1.807) is 7.11 Å². The number of thioether (sulfide) groups is 1. The number of hydrogen-bond acceptors (Lipinski definition) is 4. The Kier molecular flexibility index (Phi) is 5.78. The van der Waals surface area contributed by atoms with Crippen molar-refractivity contribution in [2.75, 3.05) is 19.9 Å². The average molecular weight is 297 g/mol. The maximum absolute atomic E-state index is 5.50. The normalized spacial score (nSPS) is 17.9. The molecule has 0 aliphatic heterocycles. The van der Waals surface area contributed by atoms with Crippen molar-refractivity contribution in [3.63, 3.8) is 0 Å². The fourth-order valence-corrected chi connectivity index (χ4v) is 4.30. The Labute approximate surface area is 126 Å². The number of methoxy groups -OCH3 is 1. The van der Waals surface area contributed by atoms with E-state index in [1.807, 2.05) is 13.2 Å². The summed E-state index contributed by atoms with van der Waals surface area (Å²) in [6.07, 6.45) is 7.38. The van der Waals surface area contributed by atoms with Gasteiger partial charge in [0.1, 0.15) is 0 Å². The lowest BCUT2D eigenvalue weighted by atomic mass is 10.2. The minimum Gasteiger partial charge on any atom is -0.493 e. The Morgan fingerprint density at radius 2 is 2.15 bits per heavy atom. The van der Waals surface area contributed by atoms with Crippen LogP contribution in [0.3, 0.4) is 0 Å². The molecule has 1 heterocycles. The van der Waals surface area contributed by atoms with Crippen LogP contribution in [0.4, 0.5) is 0 Å². The molecule has 0 spiro atoms. The molecule has 20 heavy (non-hydrogen) atoms. The molecule has 1 aromatic heterocycles. The first-order chi connectivity index (χ1) is 9.67. The van der Waals surface area contributed by atoms with Crippen molar-refractivity contribution >= 4 is 11.8 Å². The van der Waals surface area contributed by atoms with E-state index in [-0.39, 0.29) is 0 Å². The molecule has 0 saturated heterocycles. The molecule has 0 radical (unpaired) electrons. The molecule has 1 aromatic rings. The van der Waals surface area contributed by atoms with Gasteiger partial charge >= 0.3 is 0 Å². The highest BCUT2D eigenvalue weighted by Crippen LogP contribution is 2.34. The highest BCUT2D eigenvalue weighted by Gasteiger charge is 2.24. The van der Waals surface area contributed by atoms with E-state index in [0.29, 0.717) is 12.1 Å². The Morgan fingerprint density at radius 3 is 2.70 bits per heavy atom. The van der Waals surface area contributed by atoms with Gasteiger partial charge < -0.3 is 10.1 Å². The van der Waals surface area contributed by atoms with Crippen LogP contribution in [0.2, 0.25) is 0 Å². The van der Waals surface area contributed by atoms with Crippen LogP contribution in [-0.2, 0) is 0 Å². The molecule has 1 saturated carbocycles. The van der Waals surface area contributed by atoms with E-state index in [0.717, 1.165) is 16.8 Å². The molecule has 0 amide bonds. The lowest BCUT2D eigenvalue weighted by Crippen LogP contribution is -2.24. The van der Waals surface area contributed by atoms with Crippen LogP contribution in [0.1, 0.15) is 57.3 Å². The number of aromatic nitrogens is 2. The Bertz CT molecular complexity index is 413. The monoisotopic (exact) mass is 297 g/mol. The van der Waals surface area contributed by atoms with Crippen LogP contribution in [0.25, 0.3) is 0 Å². The van der Waals surface area contributed by atoms with Crippen molar-refractivity contribution in [1.82, 2.24) is 15.1 Å².